The monoisotopic (exact) mass is 307 g/mol. The molecule has 1 heterocycles. The van der Waals surface area contributed by atoms with Crippen LogP contribution in [0, 0.1) is 0 Å². The van der Waals surface area contributed by atoms with Crippen LogP contribution in [0.4, 0.5) is 0 Å². The van der Waals surface area contributed by atoms with E-state index in [1.165, 1.54) is 12.1 Å². The number of amides is 2. The smallest absolute Gasteiger partial charge is 0.338 e. The molecule has 0 radical (unpaired) electrons. The maximum atomic E-state index is 12.1. The summed E-state index contributed by atoms with van der Waals surface area (Å²) in [4.78, 5) is 40.5. The molecule has 22 heavy (non-hydrogen) atoms. The second kappa shape index (κ2) is 5.86. The molecule has 0 saturated carbocycles. The van der Waals surface area contributed by atoms with Crippen LogP contribution in [0.3, 0.4) is 0 Å². The lowest BCUT2D eigenvalue weighted by molar-refractivity contribution is -0.189. The fraction of sp³-hybridized carbons (Fsp3) is 0.400. The summed E-state index contributed by atoms with van der Waals surface area (Å²) in [5.74, 6) is -2.67. The molecule has 0 unspecified atom stereocenters. The minimum atomic E-state index is -1.46. The second-order valence-corrected chi connectivity index (χ2v) is 5.81. The molecule has 1 atom stereocenters. The van der Waals surface area contributed by atoms with Gasteiger partial charge in [-0.1, -0.05) is 12.1 Å². The van der Waals surface area contributed by atoms with Gasteiger partial charge in [-0.3, -0.25) is 9.59 Å². The van der Waals surface area contributed by atoms with Gasteiger partial charge in [0, 0.05) is 0 Å². The number of carbonyl (C=O) groups excluding carboxylic acids is 2. The highest BCUT2D eigenvalue weighted by atomic mass is 16.7. The normalized spacial score (nSPS) is 15.9. The van der Waals surface area contributed by atoms with Crippen LogP contribution in [0.5, 0.6) is 0 Å². The van der Waals surface area contributed by atoms with E-state index in [1.807, 2.05) is 0 Å². The van der Waals surface area contributed by atoms with Crippen LogP contribution < -0.4 is 0 Å². The van der Waals surface area contributed by atoms with Crippen molar-refractivity contribution in [1.82, 2.24) is 5.06 Å². The number of benzene rings is 1. The molecule has 1 aliphatic rings. The van der Waals surface area contributed by atoms with Crippen molar-refractivity contribution < 1.29 is 29.1 Å². The predicted octanol–water partition coefficient (Wildman–Crippen LogP) is 1.48. The fourth-order valence-electron chi connectivity index (χ4n) is 1.86. The summed E-state index contributed by atoms with van der Waals surface area (Å²) in [6, 6.07) is 6.20. The Balaban J connectivity index is 2.13. The van der Waals surface area contributed by atoms with Crippen molar-refractivity contribution in [2.75, 3.05) is 6.61 Å². The number of imide groups is 1. The molecule has 0 spiro atoms. The Bertz CT molecular complexity index is 584. The lowest BCUT2D eigenvalue weighted by atomic mass is 10.1. The Labute approximate surface area is 127 Å². The summed E-state index contributed by atoms with van der Waals surface area (Å²) in [6.45, 7) is 4.99. The Morgan fingerprint density at radius 3 is 2.09 bits per heavy atom. The van der Waals surface area contributed by atoms with Crippen molar-refractivity contribution in [3.63, 3.8) is 0 Å². The van der Waals surface area contributed by atoms with E-state index in [0.29, 0.717) is 5.06 Å². The van der Waals surface area contributed by atoms with Gasteiger partial charge in [-0.15, -0.1) is 5.06 Å². The molecule has 2 amide bonds. The van der Waals surface area contributed by atoms with Crippen molar-refractivity contribution in [2.45, 2.75) is 32.5 Å². The van der Waals surface area contributed by atoms with Crippen LogP contribution in [0.25, 0.3) is 0 Å². The number of carboxylic acid groups (broad SMARTS) is 1. The maximum absolute atomic E-state index is 12.1. The first-order chi connectivity index (χ1) is 10.2. The standard InChI is InChI=1S/C15H17NO6/c1-15(2,3)21-8-11(14(19)20)22-16-12(17)9-6-4-5-7-10(9)13(16)18/h4-7,11H,8H2,1-3H3,(H,19,20)/t11-/m1/s1. The van der Waals surface area contributed by atoms with E-state index in [9.17, 15) is 14.4 Å². The Kier molecular flexibility index (Phi) is 4.30. The van der Waals surface area contributed by atoms with Gasteiger partial charge >= 0.3 is 5.97 Å². The number of fused-ring (bicyclic) bond motifs is 1. The summed E-state index contributed by atoms with van der Waals surface area (Å²) in [6.07, 6.45) is -1.46. The van der Waals surface area contributed by atoms with Crippen molar-refractivity contribution in [3.05, 3.63) is 35.4 Å². The van der Waals surface area contributed by atoms with Crippen molar-refractivity contribution in [1.29, 1.82) is 0 Å². The second-order valence-electron chi connectivity index (χ2n) is 5.81. The Morgan fingerprint density at radius 1 is 1.18 bits per heavy atom. The highest BCUT2D eigenvalue weighted by Crippen LogP contribution is 2.23. The van der Waals surface area contributed by atoms with E-state index in [0.717, 1.165) is 0 Å². The van der Waals surface area contributed by atoms with Crippen LogP contribution in [0.1, 0.15) is 41.5 Å². The van der Waals surface area contributed by atoms with Crippen LogP contribution in [-0.2, 0) is 14.4 Å². The number of rotatable bonds is 5. The molecular formula is C15H17NO6. The molecule has 118 valence electrons. The van der Waals surface area contributed by atoms with E-state index in [2.05, 4.69) is 0 Å². The summed E-state index contributed by atoms with van der Waals surface area (Å²) >= 11 is 0. The van der Waals surface area contributed by atoms with Gasteiger partial charge in [0.15, 0.2) is 0 Å². The first kappa shape index (κ1) is 16.1. The van der Waals surface area contributed by atoms with Gasteiger partial charge < -0.3 is 9.84 Å². The van der Waals surface area contributed by atoms with E-state index in [1.54, 1.807) is 32.9 Å². The zero-order valence-electron chi connectivity index (χ0n) is 12.5. The third kappa shape index (κ3) is 3.32. The quantitative estimate of drug-likeness (QED) is 0.828. The summed E-state index contributed by atoms with van der Waals surface area (Å²) in [5, 5.41) is 9.65. The van der Waals surface area contributed by atoms with E-state index >= 15 is 0 Å². The third-order valence-corrected chi connectivity index (χ3v) is 2.93. The Hall–Kier alpha value is -2.25. The first-order valence-electron chi connectivity index (χ1n) is 6.72. The molecular weight excluding hydrogens is 290 g/mol. The van der Waals surface area contributed by atoms with Crippen LogP contribution >= 0.6 is 0 Å². The first-order valence-corrected chi connectivity index (χ1v) is 6.72. The van der Waals surface area contributed by atoms with Gasteiger partial charge in [-0.25, -0.2) is 9.63 Å². The van der Waals surface area contributed by atoms with Gasteiger partial charge in [-0.05, 0) is 32.9 Å². The minimum Gasteiger partial charge on any atom is -0.479 e. The number of aliphatic carboxylic acids is 1. The fourth-order valence-corrected chi connectivity index (χ4v) is 1.86. The average molecular weight is 307 g/mol. The van der Waals surface area contributed by atoms with E-state index < -0.39 is 29.5 Å². The zero-order valence-corrected chi connectivity index (χ0v) is 12.5. The SMILES string of the molecule is CC(C)(C)OC[C@@H](ON1C(=O)c2ccccc2C1=O)C(=O)O. The van der Waals surface area contributed by atoms with Crippen molar-refractivity contribution in [3.8, 4) is 0 Å². The van der Waals surface area contributed by atoms with Gasteiger partial charge in [0.05, 0.1) is 23.3 Å². The van der Waals surface area contributed by atoms with Crippen LogP contribution in [0.15, 0.2) is 24.3 Å². The molecule has 1 aromatic rings. The molecule has 7 nitrogen and oxygen atoms in total. The lowest BCUT2D eigenvalue weighted by Crippen LogP contribution is -2.41. The highest BCUT2D eigenvalue weighted by molar-refractivity contribution is 6.20. The largest absolute Gasteiger partial charge is 0.479 e. The average Bonchev–Trinajstić information content (AvgIpc) is 2.67. The van der Waals surface area contributed by atoms with Gasteiger partial charge in [0.1, 0.15) is 0 Å². The number of nitrogens with zero attached hydrogens (tertiary/aromatic N) is 1. The summed E-state index contributed by atoms with van der Waals surface area (Å²) < 4.78 is 5.36. The van der Waals surface area contributed by atoms with Crippen molar-refractivity contribution in [2.24, 2.45) is 0 Å². The minimum absolute atomic E-state index is 0.188. The summed E-state index contributed by atoms with van der Waals surface area (Å²) in [7, 11) is 0. The molecule has 0 aliphatic carbocycles. The molecule has 0 aromatic heterocycles. The molecule has 1 aliphatic heterocycles. The molecule has 0 bridgehead atoms. The molecule has 1 N–H and O–H groups in total. The van der Waals surface area contributed by atoms with Gasteiger partial charge in [0.2, 0.25) is 6.10 Å². The van der Waals surface area contributed by atoms with E-state index in [4.69, 9.17) is 14.7 Å². The number of hydrogen-bond donors (Lipinski definition) is 1. The number of carboxylic acids is 1. The van der Waals surface area contributed by atoms with Gasteiger partial charge in [-0.2, -0.15) is 0 Å². The molecule has 7 heteroatoms. The molecule has 2 rings (SSSR count). The molecule has 1 aromatic carbocycles. The number of ether oxygens (including phenoxy) is 1. The molecule has 0 saturated heterocycles. The predicted molar refractivity (Wildman–Crippen MR) is 75.2 cm³/mol. The zero-order chi connectivity index (χ0) is 16.5. The lowest BCUT2D eigenvalue weighted by Gasteiger charge is -2.24. The van der Waals surface area contributed by atoms with Crippen LogP contribution in [-0.4, -0.2) is 46.3 Å². The number of hydroxylamine groups is 2. The topological polar surface area (TPSA) is 93.1 Å². The molecule has 0 fully saturated rings. The Morgan fingerprint density at radius 2 is 1.68 bits per heavy atom. The number of hydrogen-bond acceptors (Lipinski definition) is 5. The maximum Gasteiger partial charge on any atom is 0.338 e. The van der Waals surface area contributed by atoms with Crippen LogP contribution in [0.2, 0.25) is 0 Å². The van der Waals surface area contributed by atoms with E-state index in [-0.39, 0.29) is 17.7 Å². The highest BCUT2D eigenvalue weighted by Gasteiger charge is 2.39. The third-order valence-electron chi connectivity index (χ3n) is 2.93. The summed E-state index contributed by atoms with van der Waals surface area (Å²) in [5.41, 5.74) is -0.194. The van der Waals surface area contributed by atoms with Gasteiger partial charge in [0.25, 0.3) is 11.8 Å². The number of carbonyl (C=O) groups is 3. The van der Waals surface area contributed by atoms with Crippen molar-refractivity contribution >= 4 is 17.8 Å².